The van der Waals surface area contributed by atoms with E-state index in [1.807, 2.05) is 6.92 Å². The Morgan fingerprint density at radius 3 is 2.32 bits per heavy atom. The maximum atomic E-state index is 13.5. The number of benzene rings is 3. The van der Waals surface area contributed by atoms with Crippen LogP contribution in [-0.4, -0.2) is 20.9 Å². The number of sulfonamides is 1. The molecule has 0 saturated carbocycles. The van der Waals surface area contributed by atoms with Crippen molar-refractivity contribution in [2.45, 2.75) is 25.7 Å². The van der Waals surface area contributed by atoms with Crippen molar-refractivity contribution in [2.24, 2.45) is 0 Å². The number of ether oxygens (including phenoxy) is 1. The second-order valence-electron chi connectivity index (χ2n) is 6.96. The summed E-state index contributed by atoms with van der Waals surface area (Å²) in [6.45, 7) is 5.75. The van der Waals surface area contributed by atoms with Gasteiger partial charge in [-0.1, -0.05) is 12.1 Å². The molecule has 1 amide bonds. The van der Waals surface area contributed by atoms with E-state index in [9.17, 15) is 17.6 Å². The second-order valence-corrected chi connectivity index (χ2v) is 8.61. The molecule has 0 spiro atoms. The number of carbonyl (C=O) groups excluding carboxylic acids is 1. The Bertz CT molecular complexity index is 1210. The summed E-state index contributed by atoms with van der Waals surface area (Å²) in [6, 6.07) is 15.0. The first-order valence-corrected chi connectivity index (χ1v) is 11.1. The molecule has 0 aliphatic heterocycles. The summed E-state index contributed by atoms with van der Waals surface area (Å²) in [5.74, 6) is -0.383. The Balaban J connectivity index is 1.85. The molecule has 8 heteroatoms. The fourth-order valence-corrected chi connectivity index (χ4v) is 4.28. The quantitative estimate of drug-likeness (QED) is 0.545. The molecule has 0 aromatic heterocycles. The van der Waals surface area contributed by atoms with Crippen LogP contribution >= 0.6 is 0 Å². The van der Waals surface area contributed by atoms with Gasteiger partial charge in [0.1, 0.15) is 11.6 Å². The minimum atomic E-state index is -3.94. The molecular weight excluding hydrogens is 419 g/mol. The highest BCUT2D eigenvalue weighted by Crippen LogP contribution is 2.24. The average molecular weight is 443 g/mol. The number of nitrogens with one attached hydrogen (secondary N) is 2. The fraction of sp³-hybridized carbons (Fsp3) is 0.174. The van der Waals surface area contributed by atoms with Crippen LogP contribution in [0.2, 0.25) is 0 Å². The van der Waals surface area contributed by atoms with E-state index in [1.54, 1.807) is 50.2 Å². The highest BCUT2D eigenvalue weighted by molar-refractivity contribution is 7.92. The summed E-state index contributed by atoms with van der Waals surface area (Å²) >= 11 is 0. The largest absolute Gasteiger partial charge is 0.494 e. The normalized spacial score (nSPS) is 11.1. The SMILES string of the molecule is CCOc1ccc(NS(=O)(=O)c2cc(C(=O)Nc3cc(F)ccc3C)ccc2C)cc1. The maximum Gasteiger partial charge on any atom is 0.262 e. The molecule has 3 aromatic carbocycles. The van der Waals surface area contributed by atoms with Crippen LogP contribution in [0.25, 0.3) is 0 Å². The smallest absolute Gasteiger partial charge is 0.262 e. The van der Waals surface area contributed by atoms with Gasteiger partial charge >= 0.3 is 0 Å². The Labute approximate surface area is 181 Å². The number of halogens is 1. The van der Waals surface area contributed by atoms with Gasteiger partial charge in [-0.2, -0.15) is 0 Å². The molecule has 3 rings (SSSR count). The van der Waals surface area contributed by atoms with Crippen LogP contribution < -0.4 is 14.8 Å². The van der Waals surface area contributed by atoms with Crippen LogP contribution in [0, 0.1) is 19.7 Å². The van der Waals surface area contributed by atoms with E-state index in [4.69, 9.17) is 4.74 Å². The van der Waals surface area contributed by atoms with Gasteiger partial charge in [-0.25, -0.2) is 12.8 Å². The predicted octanol–water partition coefficient (Wildman–Crippen LogP) is 4.89. The van der Waals surface area contributed by atoms with Crippen molar-refractivity contribution in [2.75, 3.05) is 16.6 Å². The summed E-state index contributed by atoms with van der Waals surface area (Å²) in [6.07, 6.45) is 0. The average Bonchev–Trinajstić information content (AvgIpc) is 2.72. The number of rotatable bonds is 7. The molecule has 6 nitrogen and oxygen atoms in total. The fourth-order valence-electron chi connectivity index (χ4n) is 2.95. The zero-order valence-corrected chi connectivity index (χ0v) is 18.2. The number of aryl methyl sites for hydroxylation is 2. The standard InChI is InChI=1S/C23H23FN2O4S/c1-4-30-20-11-9-19(10-12-20)26-31(28,29)22-13-17(7-5-16(22)3)23(27)25-21-14-18(24)8-6-15(21)2/h5-14,26H,4H2,1-3H3,(H,25,27). The van der Waals surface area contributed by atoms with E-state index in [2.05, 4.69) is 10.0 Å². The van der Waals surface area contributed by atoms with Crippen LogP contribution in [0.15, 0.2) is 65.6 Å². The molecule has 2 N–H and O–H groups in total. The molecule has 0 bridgehead atoms. The van der Waals surface area contributed by atoms with E-state index in [0.717, 1.165) is 0 Å². The number of anilines is 2. The third kappa shape index (κ3) is 5.40. The molecule has 162 valence electrons. The minimum absolute atomic E-state index is 0.0231. The van der Waals surface area contributed by atoms with Crippen LogP contribution in [0.1, 0.15) is 28.4 Å². The number of hydrogen-bond acceptors (Lipinski definition) is 4. The highest BCUT2D eigenvalue weighted by Gasteiger charge is 2.20. The van der Waals surface area contributed by atoms with Gasteiger partial charge in [0.25, 0.3) is 15.9 Å². The summed E-state index contributed by atoms with van der Waals surface area (Å²) in [5, 5.41) is 2.63. The molecule has 3 aromatic rings. The molecule has 0 unspecified atom stereocenters. The van der Waals surface area contributed by atoms with Crippen LogP contribution in [0.3, 0.4) is 0 Å². The third-order valence-corrected chi connectivity index (χ3v) is 6.13. The lowest BCUT2D eigenvalue weighted by atomic mass is 10.1. The Morgan fingerprint density at radius 1 is 0.968 bits per heavy atom. The Hall–Kier alpha value is -3.39. The zero-order chi connectivity index (χ0) is 22.6. The summed E-state index contributed by atoms with van der Waals surface area (Å²) in [5.41, 5.74) is 2.00. The van der Waals surface area contributed by atoms with Gasteiger partial charge in [0.2, 0.25) is 0 Å². The highest BCUT2D eigenvalue weighted by atomic mass is 32.2. The van der Waals surface area contributed by atoms with Gasteiger partial charge in [0.15, 0.2) is 0 Å². The minimum Gasteiger partial charge on any atom is -0.494 e. The van der Waals surface area contributed by atoms with E-state index in [-0.39, 0.29) is 10.5 Å². The van der Waals surface area contributed by atoms with E-state index in [1.165, 1.54) is 24.3 Å². The summed E-state index contributed by atoms with van der Waals surface area (Å²) in [4.78, 5) is 12.6. The molecule has 0 radical (unpaired) electrons. The Morgan fingerprint density at radius 2 is 1.65 bits per heavy atom. The first kappa shape index (κ1) is 22.3. The Kier molecular flexibility index (Phi) is 6.60. The molecule has 0 fully saturated rings. The molecule has 0 atom stereocenters. The molecule has 0 saturated heterocycles. The van der Waals surface area contributed by atoms with E-state index >= 15 is 0 Å². The lowest BCUT2D eigenvalue weighted by Crippen LogP contribution is -2.17. The topological polar surface area (TPSA) is 84.5 Å². The van der Waals surface area contributed by atoms with Gasteiger partial charge < -0.3 is 10.1 Å². The van der Waals surface area contributed by atoms with Crippen molar-refractivity contribution in [1.29, 1.82) is 0 Å². The van der Waals surface area contributed by atoms with Gasteiger partial charge in [-0.3, -0.25) is 9.52 Å². The first-order valence-electron chi connectivity index (χ1n) is 9.63. The molecule has 0 aliphatic carbocycles. The lowest BCUT2D eigenvalue weighted by molar-refractivity contribution is 0.102. The van der Waals surface area contributed by atoms with Crippen LogP contribution in [-0.2, 0) is 10.0 Å². The third-order valence-electron chi connectivity index (χ3n) is 4.61. The lowest BCUT2D eigenvalue weighted by Gasteiger charge is -2.13. The summed E-state index contributed by atoms with van der Waals surface area (Å²) < 4.78 is 47.3. The predicted molar refractivity (Wildman–Crippen MR) is 119 cm³/mol. The van der Waals surface area contributed by atoms with Gasteiger partial charge in [0, 0.05) is 16.9 Å². The summed E-state index contributed by atoms with van der Waals surface area (Å²) in [7, 11) is -3.94. The maximum absolute atomic E-state index is 13.5. The second kappa shape index (κ2) is 9.18. The van der Waals surface area contributed by atoms with Crippen molar-refractivity contribution >= 4 is 27.3 Å². The number of carbonyl (C=O) groups is 1. The molecule has 0 aliphatic rings. The molecule has 0 heterocycles. The number of hydrogen-bond donors (Lipinski definition) is 2. The van der Waals surface area contributed by atoms with E-state index in [0.29, 0.717) is 34.9 Å². The number of amides is 1. The van der Waals surface area contributed by atoms with Crippen molar-refractivity contribution in [3.63, 3.8) is 0 Å². The molecule has 31 heavy (non-hydrogen) atoms. The zero-order valence-electron chi connectivity index (χ0n) is 17.4. The van der Waals surface area contributed by atoms with Gasteiger partial charge in [-0.05, 0) is 80.4 Å². The van der Waals surface area contributed by atoms with Gasteiger partial charge in [-0.15, -0.1) is 0 Å². The van der Waals surface area contributed by atoms with Gasteiger partial charge in [0.05, 0.1) is 11.5 Å². The van der Waals surface area contributed by atoms with Crippen molar-refractivity contribution in [3.8, 4) is 5.75 Å². The van der Waals surface area contributed by atoms with Crippen molar-refractivity contribution in [3.05, 3.63) is 83.2 Å². The van der Waals surface area contributed by atoms with Crippen LogP contribution in [0.5, 0.6) is 5.75 Å². The van der Waals surface area contributed by atoms with Crippen LogP contribution in [0.4, 0.5) is 15.8 Å². The van der Waals surface area contributed by atoms with E-state index < -0.39 is 21.7 Å². The van der Waals surface area contributed by atoms with Crippen molar-refractivity contribution < 1.29 is 22.3 Å². The first-order chi connectivity index (χ1) is 14.7. The van der Waals surface area contributed by atoms with Crippen molar-refractivity contribution in [1.82, 2.24) is 0 Å². The molecular formula is C23H23FN2O4S. The monoisotopic (exact) mass is 442 g/mol.